The van der Waals surface area contributed by atoms with Crippen LogP contribution >= 0.6 is 0 Å². The summed E-state index contributed by atoms with van der Waals surface area (Å²) in [5.74, 6) is -1.24. The van der Waals surface area contributed by atoms with E-state index in [4.69, 9.17) is 0 Å². The number of Topliss-reactive ketones (excluding diaryl/α,β-unsaturated/α-hetero) is 1. The van der Waals surface area contributed by atoms with Gasteiger partial charge in [0.2, 0.25) is 0 Å². The van der Waals surface area contributed by atoms with Gasteiger partial charge in [-0.2, -0.15) is 0 Å². The highest BCUT2D eigenvalue weighted by molar-refractivity contribution is 7.92. The third-order valence-electron chi connectivity index (χ3n) is 2.96. The molecule has 0 heterocycles. The highest BCUT2D eigenvalue weighted by atomic mass is 32.2. The Bertz CT molecular complexity index is 896. The predicted octanol–water partition coefficient (Wildman–Crippen LogP) is 2.74. The van der Waals surface area contributed by atoms with E-state index >= 15 is 0 Å². The summed E-state index contributed by atoms with van der Waals surface area (Å²) in [5.41, 5.74) is -0.954. The maximum atomic E-state index is 13.3. The van der Waals surface area contributed by atoms with Crippen molar-refractivity contribution in [3.8, 4) is 0 Å². The molecule has 7 nitrogen and oxygen atoms in total. The van der Waals surface area contributed by atoms with Crippen LogP contribution in [-0.4, -0.2) is 19.1 Å². The Morgan fingerprint density at radius 1 is 1.22 bits per heavy atom. The number of halogens is 1. The molecule has 0 saturated heterocycles. The fourth-order valence-corrected chi connectivity index (χ4v) is 3.19. The number of benzene rings is 2. The number of ketones is 1. The Labute approximate surface area is 131 Å². The van der Waals surface area contributed by atoms with E-state index < -0.39 is 37.1 Å². The number of para-hydroxylation sites is 1. The van der Waals surface area contributed by atoms with Crippen molar-refractivity contribution in [1.82, 2.24) is 0 Å². The highest BCUT2D eigenvalue weighted by Crippen LogP contribution is 2.27. The number of hydrogen-bond acceptors (Lipinski definition) is 5. The zero-order valence-electron chi connectivity index (χ0n) is 11.8. The molecule has 2 aromatic rings. The fourth-order valence-electron chi connectivity index (χ4n) is 1.94. The quantitative estimate of drug-likeness (QED) is 0.512. The molecule has 0 aliphatic heterocycles. The number of sulfonamides is 1. The van der Waals surface area contributed by atoms with Crippen LogP contribution in [0.15, 0.2) is 47.4 Å². The van der Waals surface area contributed by atoms with Gasteiger partial charge < -0.3 is 0 Å². The lowest BCUT2D eigenvalue weighted by molar-refractivity contribution is -0.387. The number of carbonyl (C=O) groups excluding carboxylic acids is 1. The molecule has 0 amide bonds. The fraction of sp³-hybridized carbons (Fsp3) is 0.0714. The number of hydrogen-bond donors (Lipinski definition) is 1. The van der Waals surface area contributed by atoms with Crippen LogP contribution in [0.3, 0.4) is 0 Å². The molecule has 1 N–H and O–H groups in total. The normalized spacial score (nSPS) is 11.0. The Balaban J connectivity index is 2.54. The lowest BCUT2D eigenvalue weighted by atomic mass is 10.1. The van der Waals surface area contributed by atoms with Gasteiger partial charge in [-0.15, -0.1) is 0 Å². The van der Waals surface area contributed by atoms with Crippen LogP contribution in [0.2, 0.25) is 0 Å². The summed E-state index contributed by atoms with van der Waals surface area (Å²) in [6.45, 7) is 1.19. The topological polar surface area (TPSA) is 106 Å². The lowest BCUT2D eigenvalue weighted by Gasteiger charge is -2.11. The van der Waals surface area contributed by atoms with E-state index in [-0.39, 0.29) is 11.3 Å². The molecule has 120 valence electrons. The number of rotatable bonds is 5. The maximum Gasteiger partial charge on any atom is 0.289 e. The van der Waals surface area contributed by atoms with Gasteiger partial charge in [0.15, 0.2) is 10.7 Å². The van der Waals surface area contributed by atoms with Crippen LogP contribution in [0.1, 0.15) is 17.3 Å². The predicted molar refractivity (Wildman–Crippen MR) is 80.3 cm³/mol. The van der Waals surface area contributed by atoms with E-state index in [9.17, 15) is 27.7 Å². The molecule has 2 aromatic carbocycles. The van der Waals surface area contributed by atoms with Gasteiger partial charge in [-0.3, -0.25) is 19.6 Å². The third kappa shape index (κ3) is 3.51. The number of nitrogens with zero attached hydrogens (tertiary/aromatic N) is 1. The summed E-state index contributed by atoms with van der Waals surface area (Å²) >= 11 is 0. The smallest absolute Gasteiger partial charge is 0.289 e. The summed E-state index contributed by atoms with van der Waals surface area (Å²) in [6, 6.07) is 7.70. The van der Waals surface area contributed by atoms with E-state index in [1.807, 2.05) is 4.72 Å². The van der Waals surface area contributed by atoms with E-state index in [1.165, 1.54) is 19.1 Å². The van der Waals surface area contributed by atoms with Crippen molar-refractivity contribution < 1.29 is 22.5 Å². The first-order valence-corrected chi connectivity index (χ1v) is 7.77. The van der Waals surface area contributed by atoms with Crippen LogP contribution in [0, 0.1) is 15.9 Å². The minimum absolute atomic E-state index is 0.0476. The minimum Gasteiger partial charge on any atom is -0.294 e. The molecule has 0 atom stereocenters. The zero-order chi connectivity index (χ0) is 17.2. The number of anilines is 1. The Morgan fingerprint density at radius 2 is 1.87 bits per heavy atom. The summed E-state index contributed by atoms with van der Waals surface area (Å²) in [6.07, 6.45) is 0. The number of nitro benzene ring substituents is 1. The molecule has 0 radical (unpaired) electrons. The van der Waals surface area contributed by atoms with Crippen LogP contribution in [0.5, 0.6) is 0 Å². The van der Waals surface area contributed by atoms with Crippen LogP contribution in [0.4, 0.5) is 15.8 Å². The van der Waals surface area contributed by atoms with Crippen molar-refractivity contribution >= 4 is 27.2 Å². The SMILES string of the molecule is CC(=O)c1ccc(F)cc1NS(=O)(=O)c1ccccc1[N+](=O)[O-]. The van der Waals surface area contributed by atoms with Crippen molar-refractivity contribution in [3.05, 3.63) is 64.0 Å². The van der Waals surface area contributed by atoms with Crippen molar-refractivity contribution in [2.75, 3.05) is 4.72 Å². The van der Waals surface area contributed by atoms with Crippen molar-refractivity contribution in [1.29, 1.82) is 0 Å². The first kappa shape index (κ1) is 16.6. The summed E-state index contributed by atoms with van der Waals surface area (Å²) in [4.78, 5) is 21.0. The monoisotopic (exact) mass is 338 g/mol. The first-order chi connectivity index (χ1) is 10.7. The van der Waals surface area contributed by atoms with E-state index in [2.05, 4.69) is 0 Å². The highest BCUT2D eigenvalue weighted by Gasteiger charge is 2.26. The molecule has 2 rings (SSSR count). The number of nitrogens with one attached hydrogen (secondary N) is 1. The van der Waals surface area contributed by atoms with Gasteiger partial charge in [-0.25, -0.2) is 12.8 Å². The summed E-state index contributed by atoms with van der Waals surface area (Å²) in [7, 11) is -4.37. The molecule has 0 aliphatic rings. The van der Waals surface area contributed by atoms with Gasteiger partial charge in [0, 0.05) is 11.6 Å². The average molecular weight is 338 g/mol. The third-order valence-corrected chi connectivity index (χ3v) is 4.37. The molecule has 0 aliphatic carbocycles. The summed E-state index contributed by atoms with van der Waals surface area (Å²) in [5, 5.41) is 10.9. The molecular formula is C14H11FN2O5S. The second kappa shape index (κ2) is 6.13. The molecular weight excluding hydrogens is 327 g/mol. The Morgan fingerprint density at radius 3 is 2.48 bits per heavy atom. The van der Waals surface area contributed by atoms with Crippen molar-refractivity contribution in [2.24, 2.45) is 0 Å². The average Bonchev–Trinajstić information content (AvgIpc) is 2.46. The molecule has 0 saturated carbocycles. The minimum atomic E-state index is -4.37. The number of nitro groups is 1. The zero-order valence-corrected chi connectivity index (χ0v) is 12.6. The second-order valence-electron chi connectivity index (χ2n) is 4.58. The second-order valence-corrected chi connectivity index (χ2v) is 6.23. The van der Waals surface area contributed by atoms with Gasteiger partial charge in [0.05, 0.1) is 10.6 Å². The van der Waals surface area contributed by atoms with Crippen molar-refractivity contribution in [2.45, 2.75) is 11.8 Å². The van der Waals surface area contributed by atoms with Gasteiger partial charge in [0.1, 0.15) is 5.82 Å². The van der Waals surface area contributed by atoms with E-state index in [0.717, 1.165) is 30.3 Å². The van der Waals surface area contributed by atoms with Gasteiger partial charge in [0.25, 0.3) is 15.7 Å². The lowest BCUT2D eigenvalue weighted by Crippen LogP contribution is -2.16. The van der Waals surface area contributed by atoms with Crippen molar-refractivity contribution in [3.63, 3.8) is 0 Å². The largest absolute Gasteiger partial charge is 0.294 e. The molecule has 0 aromatic heterocycles. The van der Waals surface area contributed by atoms with Gasteiger partial charge in [-0.1, -0.05) is 12.1 Å². The molecule has 0 unspecified atom stereocenters. The molecule has 0 fully saturated rings. The molecule has 0 spiro atoms. The van der Waals surface area contributed by atoms with Crippen LogP contribution in [0.25, 0.3) is 0 Å². The van der Waals surface area contributed by atoms with Crippen LogP contribution < -0.4 is 4.72 Å². The van der Waals surface area contributed by atoms with E-state index in [1.54, 1.807) is 0 Å². The molecule has 0 bridgehead atoms. The number of carbonyl (C=O) groups is 1. The summed E-state index contributed by atoms with van der Waals surface area (Å²) < 4.78 is 40.1. The Hall–Kier alpha value is -2.81. The molecule has 9 heteroatoms. The standard InChI is InChI=1S/C14H11FN2O5S/c1-9(18)11-7-6-10(15)8-12(11)16-23(21,22)14-5-3-2-4-13(14)17(19)20/h2-8,16H,1H3. The van der Waals surface area contributed by atoms with E-state index in [0.29, 0.717) is 0 Å². The van der Waals surface area contributed by atoms with Gasteiger partial charge in [-0.05, 0) is 31.2 Å². The Kier molecular flexibility index (Phi) is 4.41. The van der Waals surface area contributed by atoms with Crippen LogP contribution in [-0.2, 0) is 10.0 Å². The molecule has 23 heavy (non-hydrogen) atoms. The maximum absolute atomic E-state index is 13.3. The van der Waals surface area contributed by atoms with Gasteiger partial charge >= 0.3 is 0 Å². The first-order valence-electron chi connectivity index (χ1n) is 6.29.